The molecule has 0 fully saturated rings. The van der Waals surface area contributed by atoms with Crippen molar-refractivity contribution in [3.63, 3.8) is 0 Å². The number of hydrogen-bond acceptors (Lipinski definition) is 5. The van der Waals surface area contributed by atoms with E-state index in [4.69, 9.17) is 4.74 Å². The highest BCUT2D eigenvalue weighted by Crippen LogP contribution is 2.32. The average molecular weight is 290 g/mol. The fourth-order valence-electron chi connectivity index (χ4n) is 2.28. The molecule has 1 aliphatic rings. The van der Waals surface area contributed by atoms with E-state index >= 15 is 0 Å². The minimum atomic E-state index is 0.869. The van der Waals surface area contributed by atoms with E-state index in [0.29, 0.717) is 0 Å². The van der Waals surface area contributed by atoms with Crippen LogP contribution in [0.25, 0.3) is 0 Å². The highest BCUT2D eigenvalue weighted by atomic mass is 32.2. The van der Waals surface area contributed by atoms with Crippen molar-refractivity contribution in [1.82, 2.24) is 14.8 Å². The van der Waals surface area contributed by atoms with E-state index in [1.807, 2.05) is 12.1 Å². The summed E-state index contributed by atoms with van der Waals surface area (Å²) in [6.45, 7) is 4.06. The topological polar surface area (TPSA) is 43.2 Å². The molecular formula is C14H18N4OS. The number of rotatable bonds is 5. The van der Waals surface area contributed by atoms with E-state index in [1.54, 1.807) is 18.9 Å². The van der Waals surface area contributed by atoms with Crippen LogP contribution < -0.4 is 9.64 Å². The van der Waals surface area contributed by atoms with Crippen LogP contribution in [0.1, 0.15) is 13.3 Å². The third-order valence-electron chi connectivity index (χ3n) is 3.31. The summed E-state index contributed by atoms with van der Waals surface area (Å²) in [5, 5.41) is 9.66. The molecule has 0 saturated heterocycles. The first kappa shape index (κ1) is 13.3. The predicted octanol–water partition coefficient (Wildman–Crippen LogP) is 2.94. The van der Waals surface area contributed by atoms with Crippen LogP contribution in [0.4, 0.5) is 11.6 Å². The van der Waals surface area contributed by atoms with Gasteiger partial charge in [0.05, 0.1) is 7.11 Å². The van der Waals surface area contributed by atoms with Crippen molar-refractivity contribution >= 4 is 23.4 Å². The summed E-state index contributed by atoms with van der Waals surface area (Å²) in [6.07, 6.45) is 1.15. The van der Waals surface area contributed by atoms with Crippen molar-refractivity contribution in [3.05, 3.63) is 24.3 Å². The van der Waals surface area contributed by atoms with Crippen molar-refractivity contribution in [1.29, 1.82) is 0 Å². The quantitative estimate of drug-likeness (QED) is 0.792. The molecule has 1 aromatic heterocycles. The van der Waals surface area contributed by atoms with E-state index in [0.717, 1.165) is 47.8 Å². The molecule has 2 aromatic rings. The van der Waals surface area contributed by atoms with Crippen LogP contribution in [-0.2, 0) is 6.54 Å². The van der Waals surface area contributed by atoms with Crippen LogP contribution in [0.15, 0.2) is 29.4 Å². The standard InChI is InChI=1S/C14H18N4OS/c1-3-10-20-14-16-15-13-17(8-9-18(13)14)11-4-6-12(19-2)7-5-11/h4-7H,3,8-10H2,1-2H3. The number of aromatic nitrogens is 3. The highest BCUT2D eigenvalue weighted by Gasteiger charge is 2.25. The first-order valence-corrected chi connectivity index (χ1v) is 7.79. The van der Waals surface area contributed by atoms with Crippen LogP contribution in [0.5, 0.6) is 5.75 Å². The smallest absolute Gasteiger partial charge is 0.232 e. The van der Waals surface area contributed by atoms with Crippen molar-refractivity contribution in [2.75, 3.05) is 24.3 Å². The molecule has 1 aromatic carbocycles. The number of thioether (sulfide) groups is 1. The van der Waals surface area contributed by atoms with E-state index in [9.17, 15) is 0 Å². The van der Waals surface area contributed by atoms with Gasteiger partial charge in [-0.1, -0.05) is 18.7 Å². The molecule has 0 N–H and O–H groups in total. The Morgan fingerprint density at radius 2 is 2.00 bits per heavy atom. The Morgan fingerprint density at radius 3 is 2.70 bits per heavy atom. The summed E-state index contributed by atoms with van der Waals surface area (Å²) in [6, 6.07) is 8.06. The molecule has 20 heavy (non-hydrogen) atoms. The Hall–Kier alpha value is -1.69. The molecular weight excluding hydrogens is 272 g/mol. The van der Waals surface area contributed by atoms with Crippen molar-refractivity contribution < 1.29 is 4.74 Å². The van der Waals surface area contributed by atoms with Gasteiger partial charge in [-0.2, -0.15) is 0 Å². The Labute approximate surface area is 122 Å². The molecule has 0 unspecified atom stereocenters. The summed E-state index contributed by atoms with van der Waals surface area (Å²) in [5.74, 6) is 2.89. The Morgan fingerprint density at radius 1 is 1.20 bits per heavy atom. The van der Waals surface area contributed by atoms with Gasteiger partial charge in [0.25, 0.3) is 0 Å². The molecule has 0 spiro atoms. The van der Waals surface area contributed by atoms with Crippen LogP contribution in [-0.4, -0.2) is 34.2 Å². The predicted molar refractivity (Wildman–Crippen MR) is 81.0 cm³/mol. The fourth-order valence-corrected chi connectivity index (χ4v) is 3.10. The van der Waals surface area contributed by atoms with Crippen molar-refractivity contribution in [3.8, 4) is 5.75 Å². The number of hydrogen-bond donors (Lipinski definition) is 0. The second kappa shape index (κ2) is 5.75. The van der Waals surface area contributed by atoms with Crippen LogP contribution in [0.2, 0.25) is 0 Å². The lowest BCUT2D eigenvalue weighted by atomic mass is 10.3. The number of methoxy groups -OCH3 is 1. The molecule has 5 nitrogen and oxygen atoms in total. The molecule has 6 heteroatoms. The zero-order valence-electron chi connectivity index (χ0n) is 11.7. The number of ether oxygens (including phenoxy) is 1. The van der Waals surface area contributed by atoms with Gasteiger partial charge in [0.1, 0.15) is 5.75 Å². The summed E-state index contributed by atoms with van der Waals surface area (Å²) in [7, 11) is 1.68. The number of fused-ring (bicyclic) bond motifs is 1. The number of nitrogens with zero attached hydrogens (tertiary/aromatic N) is 4. The van der Waals surface area contributed by atoms with Gasteiger partial charge in [-0.25, -0.2) is 0 Å². The molecule has 0 saturated carbocycles. The first-order chi connectivity index (χ1) is 9.83. The van der Waals surface area contributed by atoms with Gasteiger partial charge in [-0.15, -0.1) is 10.2 Å². The lowest BCUT2D eigenvalue weighted by molar-refractivity contribution is 0.415. The van der Waals surface area contributed by atoms with Crippen LogP contribution in [0.3, 0.4) is 0 Å². The van der Waals surface area contributed by atoms with E-state index in [-0.39, 0.29) is 0 Å². The van der Waals surface area contributed by atoms with Crippen molar-refractivity contribution in [2.45, 2.75) is 25.0 Å². The summed E-state index contributed by atoms with van der Waals surface area (Å²) in [5.41, 5.74) is 1.13. The Balaban J connectivity index is 1.83. The Bertz CT molecular complexity index is 581. The third kappa shape index (κ3) is 2.35. The maximum atomic E-state index is 5.19. The van der Waals surface area contributed by atoms with Gasteiger partial charge in [-0.3, -0.25) is 4.57 Å². The summed E-state index contributed by atoms with van der Waals surface area (Å²) < 4.78 is 7.39. The van der Waals surface area contributed by atoms with Gasteiger partial charge in [0, 0.05) is 24.5 Å². The normalized spacial score (nSPS) is 13.6. The zero-order valence-corrected chi connectivity index (χ0v) is 12.6. The maximum absolute atomic E-state index is 5.19. The summed E-state index contributed by atoms with van der Waals surface area (Å²) in [4.78, 5) is 2.20. The van der Waals surface area contributed by atoms with Gasteiger partial charge in [0.15, 0.2) is 5.16 Å². The monoisotopic (exact) mass is 290 g/mol. The maximum Gasteiger partial charge on any atom is 0.232 e. The van der Waals surface area contributed by atoms with E-state index in [2.05, 4.69) is 38.7 Å². The minimum Gasteiger partial charge on any atom is -0.497 e. The molecule has 0 amide bonds. The Kier molecular flexibility index (Phi) is 3.82. The van der Waals surface area contributed by atoms with Crippen molar-refractivity contribution in [2.24, 2.45) is 0 Å². The average Bonchev–Trinajstić information content (AvgIpc) is 3.07. The van der Waals surface area contributed by atoms with Gasteiger partial charge in [-0.05, 0) is 30.7 Å². The largest absolute Gasteiger partial charge is 0.497 e. The highest BCUT2D eigenvalue weighted by molar-refractivity contribution is 7.99. The SMILES string of the molecule is CCCSc1nnc2n1CCN2c1ccc(OC)cc1. The van der Waals surface area contributed by atoms with Gasteiger partial charge < -0.3 is 9.64 Å². The second-order valence-electron chi connectivity index (χ2n) is 4.63. The van der Waals surface area contributed by atoms with Gasteiger partial charge in [0.2, 0.25) is 5.95 Å². The van der Waals surface area contributed by atoms with E-state index in [1.165, 1.54) is 0 Å². The molecule has 1 aliphatic heterocycles. The molecule has 106 valence electrons. The third-order valence-corrected chi connectivity index (χ3v) is 4.48. The number of benzene rings is 1. The lowest BCUT2D eigenvalue weighted by Gasteiger charge is -2.15. The minimum absolute atomic E-state index is 0.869. The van der Waals surface area contributed by atoms with Gasteiger partial charge >= 0.3 is 0 Å². The molecule has 0 radical (unpaired) electrons. The number of anilines is 2. The lowest BCUT2D eigenvalue weighted by Crippen LogP contribution is -2.14. The molecule has 2 heterocycles. The molecule has 0 bridgehead atoms. The molecule has 3 rings (SSSR count). The molecule has 0 atom stereocenters. The molecule has 0 aliphatic carbocycles. The summed E-state index contributed by atoms with van der Waals surface area (Å²) >= 11 is 1.78. The first-order valence-electron chi connectivity index (χ1n) is 6.81. The zero-order chi connectivity index (χ0) is 13.9. The van der Waals surface area contributed by atoms with E-state index < -0.39 is 0 Å². The second-order valence-corrected chi connectivity index (χ2v) is 5.69. The van der Waals surface area contributed by atoms with Crippen LogP contribution >= 0.6 is 11.8 Å². The van der Waals surface area contributed by atoms with Crippen LogP contribution in [0, 0.1) is 0 Å². The fraction of sp³-hybridized carbons (Fsp3) is 0.429.